The minimum atomic E-state index is -0.0725. The summed E-state index contributed by atoms with van der Waals surface area (Å²) < 4.78 is 2.26. The van der Waals surface area contributed by atoms with Gasteiger partial charge in [0.25, 0.3) is 0 Å². The molecule has 0 unspecified atom stereocenters. The quantitative estimate of drug-likeness (QED) is 0.690. The molecule has 1 aliphatic carbocycles. The molecule has 1 aromatic heterocycles. The number of hydrogen-bond donors (Lipinski definition) is 0. The summed E-state index contributed by atoms with van der Waals surface area (Å²) in [5.74, 6) is 0. The maximum atomic E-state index is 9.27. The molecule has 0 spiro atoms. The van der Waals surface area contributed by atoms with Gasteiger partial charge in [-0.05, 0) is 44.2 Å². The summed E-state index contributed by atoms with van der Waals surface area (Å²) in [6.07, 6.45) is 6.13. The van der Waals surface area contributed by atoms with Crippen molar-refractivity contribution in [2.24, 2.45) is 0 Å². The Kier molecular flexibility index (Phi) is 2.83. The molecule has 0 N–H and O–H groups in total. The van der Waals surface area contributed by atoms with E-state index in [4.69, 9.17) is 0 Å². The highest BCUT2D eigenvalue weighted by Gasteiger charge is 2.20. The van der Waals surface area contributed by atoms with Crippen molar-refractivity contribution in [3.8, 4) is 6.07 Å². The van der Waals surface area contributed by atoms with Gasteiger partial charge in [-0.3, -0.25) is 0 Å². The van der Waals surface area contributed by atoms with Gasteiger partial charge >= 0.3 is 0 Å². The van der Waals surface area contributed by atoms with Crippen molar-refractivity contribution in [2.45, 2.75) is 45.1 Å². The molecule has 2 heteroatoms. The molecule has 0 saturated heterocycles. The monoisotopic (exact) mass is 238 g/mol. The zero-order valence-corrected chi connectivity index (χ0v) is 10.8. The second-order valence-corrected chi connectivity index (χ2v) is 5.18. The van der Waals surface area contributed by atoms with Crippen LogP contribution in [-0.4, -0.2) is 4.57 Å². The lowest BCUT2D eigenvalue weighted by molar-refractivity contribution is 0.640. The first-order valence-electron chi connectivity index (χ1n) is 6.83. The molecule has 18 heavy (non-hydrogen) atoms. The lowest BCUT2D eigenvalue weighted by Gasteiger charge is -2.12. The van der Waals surface area contributed by atoms with Crippen LogP contribution in [0.2, 0.25) is 0 Å². The number of nitriles is 1. The Morgan fingerprint density at radius 2 is 1.94 bits per heavy atom. The minimum absolute atomic E-state index is 0.0725. The molecular formula is C16H18N2. The summed E-state index contributed by atoms with van der Waals surface area (Å²) in [5.41, 5.74) is 4.13. The normalized spacial score (nSPS) is 16.9. The van der Waals surface area contributed by atoms with Crippen LogP contribution >= 0.6 is 0 Å². The van der Waals surface area contributed by atoms with Gasteiger partial charge in [0, 0.05) is 16.6 Å². The average molecular weight is 238 g/mol. The van der Waals surface area contributed by atoms with E-state index in [2.05, 4.69) is 34.9 Å². The van der Waals surface area contributed by atoms with Crippen molar-refractivity contribution in [3.63, 3.8) is 0 Å². The molecule has 1 atom stereocenters. The van der Waals surface area contributed by atoms with Crippen molar-refractivity contribution in [2.75, 3.05) is 0 Å². The molecular weight excluding hydrogens is 220 g/mol. The first-order valence-corrected chi connectivity index (χ1v) is 6.83. The summed E-state index contributed by atoms with van der Waals surface area (Å²) in [4.78, 5) is 0. The van der Waals surface area contributed by atoms with Gasteiger partial charge in [0.2, 0.25) is 0 Å². The van der Waals surface area contributed by atoms with Crippen molar-refractivity contribution >= 4 is 10.9 Å². The number of benzene rings is 1. The molecule has 3 rings (SSSR count). The van der Waals surface area contributed by atoms with Gasteiger partial charge in [-0.1, -0.05) is 24.6 Å². The third kappa shape index (κ3) is 1.62. The summed E-state index contributed by atoms with van der Waals surface area (Å²) in [6, 6.07) is 10.9. The zero-order chi connectivity index (χ0) is 12.5. The Bertz CT molecular complexity index is 616. The molecule has 0 aliphatic heterocycles. The fraction of sp³-hybridized carbons (Fsp3) is 0.438. The van der Waals surface area contributed by atoms with Crippen molar-refractivity contribution < 1.29 is 0 Å². The van der Waals surface area contributed by atoms with Gasteiger partial charge < -0.3 is 4.57 Å². The lowest BCUT2D eigenvalue weighted by atomic mass is 10.1. The molecule has 0 saturated carbocycles. The van der Waals surface area contributed by atoms with Crippen LogP contribution in [0.1, 0.15) is 43.5 Å². The highest BCUT2D eigenvalue weighted by Crippen LogP contribution is 2.33. The van der Waals surface area contributed by atoms with Gasteiger partial charge in [0.1, 0.15) is 6.04 Å². The average Bonchev–Trinajstić information content (AvgIpc) is 2.57. The highest BCUT2D eigenvalue weighted by atomic mass is 15.0. The summed E-state index contributed by atoms with van der Waals surface area (Å²) >= 11 is 0. The summed E-state index contributed by atoms with van der Waals surface area (Å²) in [5, 5.41) is 10.6. The maximum absolute atomic E-state index is 9.27. The third-order valence-corrected chi connectivity index (χ3v) is 4.04. The van der Waals surface area contributed by atoms with E-state index in [1.54, 1.807) is 0 Å². The first kappa shape index (κ1) is 11.3. The van der Waals surface area contributed by atoms with Gasteiger partial charge in [0.15, 0.2) is 0 Å². The van der Waals surface area contributed by atoms with Crippen LogP contribution < -0.4 is 0 Å². The third-order valence-electron chi connectivity index (χ3n) is 4.04. The van der Waals surface area contributed by atoms with E-state index in [9.17, 15) is 5.26 Å². The van der Waals surface area contributed by atoms with Crippen LogP contribution in [-0.2, 0) is 12.8 Å². The van der Waals surface area contributed by atoms with Crippen LogP contribution in [0.4, 0.5) is 0 Å². The number of aromatic nitrogens is 1. The maximum Gasteiger partial charge on any atom is 0.118 e. The Balaban J connectivity index is 2.32. The van der Waals surface area contributed by atoms with Crippen LogP contribution in [0, 0.1) is 11.3 Å². The highest BCUT2D eigenvalue weighted by molar-refractivity contribution is 5.86. The van der Waals surface area contributed by atoms with Gasteiger partial charge in [-0.2, -0.15) is 5.26 Å². The summed E-state index contributed by atoms with van der Waals surface area (Å²) in [6.45, 7) is 2.00. The molecule has 2 aromatic rings. The van der Waals surface area contributed by atoms with E-state index in [1.807, 2.05) is 6.92 Å². The second kappa shape index (κ2) is 4.49. The van der Waals surface area contributed by atoms with E-state index < -0.39 is 0 Å². The van der Waals surface area contributed by atoms with E-state index >= 15 is 0 Å². The number of hydrogen-bond acceptors (Lipinski definition) is 1. The topological polar surface area (TPSA) is 28.7 Å². The van der Waals surface area contributed by atoms with Crippen LogP contribution in [0.25, 0.3) is 10.9 Å². The van der Waals surface area contributed by atoms with Crippen molar-refractivity contribution in [1.29, 1.82) is 5.26 Å². The van der Waals surface area contributed by atoms with E-state index in [-0.39, 0.29) is 6.04 Å². The van der Waals surface area contributed by atoms with E-state index in [0.717, 1.165) is 6.42 Å². The zero-order valence-electron chi connectivity index (χ0n) is 10.8. The molecule has 0 radical (unpaired) electrons. The molecule has 1 heterocycles. The molecule has 1 aromatic carbocycles. The number of nitrogens with zero attached hydrogens (tertiary/aromatic N) is 2. The fourth-order valence-corrected chi connectivity index (χ4v) is 3.21. The molecule has 0 fully saturated rings. The fourth-order valence-electron chi connectivity index (χ4n) is 3.21. The Morgan fingerprint density at radius 1 is 1.17 bits per heavy atom. The Labute approximate surface area is 108 Å². The van der Waals surface area contributed by atoms with Crippen LogP contribution in [0.15, 0.2) is 24.3 Å². The molecule has 0 bridgehead atoms. The minimum Gasteiger partial charge on any atom is -0.328 e. The van der Waals surface area contributed by atoms with Crippen LogP contribution in [0.5, 0.6) is 0 Å². The van der Waals surface area contributed by atoms with E-state index in [1.165, 1.54) is 47.8 Å². The first-order chi connectivity index (χ1) is 8.83. The largest absolute Gasteiger partial charge is 0.328 e. The smallest absolute Gasteiger partial charge is 0.118 e. The number of para-hydroxylation sites is 1. The van der Waals surface area contributed by atoms with Crippen molar-refractivity contribution in [1.82, 2.24) is 4.57 Å². The number of aryl methyl sites for hydroxylation is 1. The number of rotatable bonds is 1. The van der Waals surface area contributed by atoms with Gasteiger partial charge in [-0.25, -0.2) is 0 Å². The van der Waals surface area contributed by atoms with E-state index in [0.29, 0.717) is 0 Å². The Morgan fingerprint density at radius 3 is 2.78 bits per heavy atom. The predicted octanol–water partition coefficient (Wildman–Crippen LogP) is 3.99. The van der Waals surface area contributed by atoms with Gasteiger partial charge in [-0.15, -0.1) is 0 Å². The summed E-state index contributed by atoms with van der Waals surface area (Å²) in [7, 11) is 0. The lowest BCUT2D eigenvalue weighted by Crippen LogP contribution is -2.07. The molecule has 2 nitrogen and oxygen atoms in total. The number of fused-ring (bicyclic) bond motifs is 3. The molecule has 1 aliphatic rings. The molecule has 92 valence electrons. The SMILES string of the molecule is C[C@H](C#N)n1c2c(c3ccccc31)CCCCC2. The van der Waals surface area contributed by atoms with Crippen molar-refractivity contribution in [3.05, 3.63) is 35.5 Å². The predicted molar refractivity (Wildman–Crippen MR) is 73.5 cm³/mol. The Hall–Kier alpha value is -1.75. The standard InChI is InChI=1S/C16H18N2/c1-12(11-17)18-15-9-4-2-3-7-13(15)14-8-5-6-10-16(14)18/h5-6,8,10,12H,2-4,7,9H2,1H3/t12-/m1/s1. The van der Waals surface area contributed by atoms with Gasteiger partial charge in [0.05, 0.1) is 6.07 Å². The molecule has 0 amide bonds. The second-order valence-electron chi connectivity index (χ2n) is 5.18. The van der Waals surface area contributed by atoms with Crippen LogP contribution in [0.3, 0.4) is 0 Å².